The lowest BCUT2D eigenvalue weighted by molar-refractivity contribution is 1.41. The lowest BCUT2D eigenvalue weighted by atomic mass is 10.1. The van der Waals surface area contributed by atoms with E-state index in [4.69, 9.17) is 16.9 Å². The molecule has 0 atom stereocenters. The Balaban J connectivity index is 2.41. The minimum Gasteiger partial charge on any atom is -0.354 e. The molecule has 2 aromatic rings. The fourth-order valence-electron chi connectivity index (χ4n) is 1.61. The summed E-state index contributed by atoms with van der Waals surface area (Å²) in [6, 6.07) is 13.4. The number of halogens is 2. The van der Waals surface area contributed by atoms with E-state index in [1.165, 1.54) is 0 Å². The average molecular weight is 322 g/mol. The summed E-state index contributed by atoms with van der Waals surface area (Å²) in [7, 11) is 0. The fourth-order valence-corrected chi connectivity index (χ4v) is 2.14. The van der Waals surface area contributed by atoms with Crippen LogP contribution in [0, 0.1) is 18.3 Å². The second kappa shape index (κ2) is 5.43. The van der Waals surface area contributed by atoms with Crippen LogP contribution in [-0.2, 0) is 0 Å². The molecule has 0 fully saturated rings. The Morgan fingerprint density at radius 3 is 2.72 bits per heavy atom. The first-order chi connectivity index (χ1) is 8.61. The molecule has 4 heteroatoms. The lowest BCUT2D eigenvalue weighted by Crippen LogP contribution is -1.96. The summed E-state index contributed by atoms with van der Waals surface area (Å²) in [5, 5.41) is 13.0. The minimum atomic E-state index is 0.587. The Morgan fingerprint density at radius 2 is 2.00 bits per heavy atom. The number of rotatable bonds is 2. The molecule has 0 spiro atoms. The van der Waals surface area contributed by atoms with E-state index >= 15 is 0 Å². The van der Waals surface area contributed by atoms with Gasteiger partial charge >= 0.3 is 0 Å². The van der Waals surface area contributed by atoms with Crippen molar-refractivity contribution in [3.63, 3.8) is 0 Å². The SMILES string of the molecule is Cc1c(Cl)cccc1Nc1ccc(Br)cc1C#N. The molecule has 0 aliphatic heterocycles. The van der Waals surface area contributed by atoms with Gasteiger partial charge in [0.1, 0.15) is 6.07 Å². The van der Waals surface area contributed by atoms with Crippen molar-refractivity contribution in [3.8, 4) is 6.07 Å². The van der Waals surface area contributed by atoms with Gasteiger partial charge in [-0.15, -0.1) is 0 Å². The molecule has 0 aromatic heterocycles. The van der Waals surface area contributed by atoms with Gasteiger partial charge in [0.2, 0.25) is 0 Å². The van der Waals surface area contributed by atoms with Crippen molar-refractivity contribution >= 4 is 38.9 Å². The molecule has 0 unspecified atom stereocenters. The van der Waals surface area contributed by atoms with Crippen LogP contribution in [0.2, 0.25) is 5.02 Å². The second-order valence-electron chi connectivity index (χ2n) is 3.84. The molecule has 2 rings (SSSR count). The Labute approximate surface area is 119 Å². The molecule has 0 amide bonds. The first kappa shape index (κ1) is 12.9. The molecule has 0 heterocycles. The summed E-state index contributed by atoms with van der Waals surface area (Å²) in [5.41, 5.74) is 3.22. The van der Waals surface area contributed by atoms with Crippen LogP contribution in [0.3, 0.4) is 0 Å². The summed E-state index contributed by atoms with van der Waals surface area (Å²) in [4.78, 5) is 0. The zero-order valence-electron chi connectivity index (χ0n) is 9.67. The molecular formula is C14H10BrClN2. The van der Waals surface area contributed by atoms with E-state index in [0.29, 0.717) is 10.6 Å². The van der Waals surface area contributed by atoms with Gasteiger partial charge in [-0.2, -0.15) is 5.26 Å². The summed E-state index contributed by atoms with van der Waals surface area (Å²) in [6.07, 6.45) is 0. The van der Waals surface area contributed by atoms with E-state index < -0.39 is 0 Å². The first-order valence-corrected chi connectivity index (χ1v) is 6.50. The molecule has 0 aliphatic rings. The maximum Gasteiger partial charge on any atom is 0.101 e. The number of nitriles is 1. The molecule has 0 bridgehead atoms. The normalized spacial score (nSPS) is 9.89. The van der Waals surface area contributed by atoms with E-state index in [1.54, 1.807) is 6.07 Å². The smallest absolute Gasteiger partial charge is 0.101 e. The third-order valence-electron chi connectivity index (χ3n) is 2.64. The Hall–Kier alpha value is -1.50. The number of nitrogens with one attached hydrogen (secondary N) is 1. The van der Waals surface area contributed by atoms with Gasteiger partial charge in [0.15, 0.2) is 0 Å². The molecule has 0 saturated carbocycles. The van der Waals surface area contributed by atoms with Gasteiger partial charge in [-0.25, -0.2) is 0 Å². The standard InChI is InChI=1S/C14H10BrClN2/c1-9-12(16)3-2-4-13(9)18-14-6-5-11(15)7-10(14)8-17/h2-7,18H,1H3. The van der Waals surface area contributed by atoms with Crippen LogP contribution < -0.4 is 5.32 Å². The van der Waals surface area contributed by atoms with E-state index in [-0.39, 0.29) is 0 Å². The number of nitrogens with zero attached hydrogens (tertiary/aromatic N) is 1. The third-order valence-corrected chi connectivity index (χ3v) is 3.54. The summed E-state index contributed by atoms with van der Waals surface area (Å²) >= 11 is 9.42. The highest BCUT2D eigenvalue weighted by Crippen LogP contribution is 2.28. The number of benzene rings is 2. The van der Waals surface area contributed by atoms with Crippen molar-refractivity contribution in [3.05, 3.63) is 57.0 Å². The quantitative estimate of drug-likeness (QED) is 0.842. The van der Waals surface area contributed by atoms with Crippen molar-refractivity contribution < 1.29 is 0 Å². The van der Waals surface area contributed by atoms with E-state index in [0.717, 1.165) is 21.4 Å². The molecule has 1 N–H and O–H groups in total. The molecule has 2 aromatic carbocycles. The molecular weight excluding hydrogens is 312 g/mol. The predicted molar refractivity (Wildman–Crippen MR) is 78.3 cm³/mol. The highest BCUT2D eigenvalue weighted by Gasteiger charge is 2.06. The number of hydrogen-bond donors (Lipinski definition) is 1. The van der Waals surface area contributed by atoms with Crippen LogP contribution in [0.5, 0.6) is 0 Å². The van der Waals surface area contributed by atoms with Crippen LogP contribution in [0.4, 0.5) is 11.4 Å². The highest BCUT2D eigenvalue weighted by atomic mass is 79.9. The van der Waals surface area contributed by atoms with Crippen LogP contribution >= 0.6 is 27.5 Å². The molecule has 0 aliphatic carbocycles. The van der Waals surface area contributed by atoms with Crippen molar-refractivity contribution in [1.82, 2.24) is 0 Å². The topological polar surface area (TPSA) is 35.8 Å². The monoisotopic (exact) mass is 320 g/mol. The van der Waals surface area contributed by atoms with Crippen molar-refractivity contribution in [2.45, 2.75) is 6.92 Å². The van der Waals surface area contributed by atoms with Crippen molar-refractivity contribution in [1.29, 1.82) is 5.26 Å². The molecule has 90 valence electrons. The lowest BCUT2D eigenvalue weighted by Gasteiger charge is -2.12. The van der Waals surface area contributed by atoms with Crippen molar-refractivity contribution in [2.24, 2.45) is 0 Å². The highest BCUT2D eigenvalue weighted by molar-refractivity contribution is 9.10. The van der Waals surface area contributed by atoms with Crippen LogP contribution in [0.25, 0.3) is 0 Å². The minimum absolute atomic E-state index is 0.587. The first-order valence-electron chi connectivity index (χ1n) is 5.33. The Morgan fingerprint density at radius 1 is 1.22 bits per heavy atom. The Bertz CT molecular complexity index is 632. The molecule has 18 heavy (non-hydrogen) atoms. The fraction of sp³-hybridized carbons (Fsp3) is 0.0714. The second-order valence-corrected chi connectivity index (χ2v) is 5.16. The maximum atomic E-state index is 9.11. The summed E-state index contributed by atoms with van der Waals surface area (Å²) in [6.45, 7) is 1.94. The van der Waals surface area contributed by atoms with E-state index in [9.17, 15) is 0 Å². The zero-order valence-corrected chi connectivity index (χ0v) is 12.0. The molecule has 0 saturated heterocycles. The van der Waals surface area contributed by atoms with Gasteiger partial charge in [-0.1, -0.05) is 33.6 Å². The maximum absolute atomic E-state index is 9.11. The van der Waals surface area contributed by atoms with Crippen LogP contribution in [0.15, 0.2) is 40.9 Å². The Kier molecular flexibility index (Phi) is 3.90. The molecule has 0 radical (unpaired) electrons. The van der Waals surface area contributed by atoms with Gasteiger partial charge in [-0.3, -0.25) is 0 Å². The largest absolute Gasteiger partial charge is 0.354 e. The van der Waals surface area contributed by atoms with Crippen LogP contribution in [-0.4, -0.2) is 0 Å². The zero-order chi connectivity index (χ0) is 13.1. The van der Waals surface area contributed by atoms with E-state index in [1.807, 2.05) is 37.3 Å². The summed E-state index contributed by atoms with van der Waals surface area (Å²) in [5.74, 6) is 0. The van der Waals surface area contributed by atoms with Crippen molar-refractivity contribution in [2.75, 3.05) is 5.32 Å². The number of hydrogen-bond acceptors (Lipinski definition) is 2. The number of anilines is 2. The van der Waals surface area contributed by atoms with Gasteiger partial charge in [-0.05, 0) is 42.8 Å². The predicted octanol–water partition coefficient (Wildman–Crippen LogP) is 5.03. The van der Waals surface area contributed by atoms with Gasteiger partial charge < -0.3 is 5.32 Å². The summed E-state index contributed by atoms with van der Waals surface area (Å²) < 4.78 is 0.882. The van der Waals surface area contributed by atoms with Gasteiger partial charge in [0.25, 0.3) is 0 Å². The van der Waals surface area contributed by atoms with E-state index in [2.05, 4.69) is 27.3 Å². The van der Waals surface area contributed by atoms with Gasteiger partial charge in [0, 0.05) is 15.2 Å². The average Bonchev–Trinajstić information content (AvgIpc) is 2.37. The molecule has 2 nitrogen and oxygen atoms in total. The van der Waals surface area contributed by atoms with Gasteiger partial charge in [0.05, 0.1) is 11.3 Å². The third kappa shape index (κ3) is 2.66. The van der Waals surface area contributed by atoms with Crippen LogP contribution in [0.1, 0.15) is 11.1 Å².